The number of hydrogen-bond donors (Lipinski definition) is 0. The van der Waals surface area contributed by atoms with E-state index < -0.39 is 35.1 Å². The van der Waals surface area contributed by atoms with E-state index in [1.807, 2.05) is 0 Å². The Bertz CT molecular complexity index is 448. The topological polar surface area (TPSA) is 61.6 Å². The van der Waals surface area contributed by atoms with Crippen molar-refractivity contribution < 1.29 is 36.3 Å². The summed E-state index contributed by atoms with van der Waals surface area (Å²) < 4.78 is 66.6. The zero-order valence-electron chi connectivity index (χ0n) is 8.28. The molecule has 1 aromatic rings. The van der Waals surface area contributed by atoms with E-state index in [-0.39, 0.29) is 0 Å². The van der Waals surface area contributed by atoms with Crippen molar-refractivity contribution >= 4 is 5.69 Å². The van der Waals surface area contributed by atoms with Gasteiger partial charge in [0.2, 0.25) is 5.75 Å². The summed E-state index contributed by atoms with van der Waals surface area (Å²) in [7, 11) is 0. The predicted molar refractivity (Wildman–Crippen MR) is 46.4 cm³/mol. The molecule has 0 saturated heterocycles. The Morgan fingerprint density at radius 1 is 1.28 bits per heavy atom. The summed E-state index contributed by atoms with van der Waals surface area (Å²) in [6, 6.07) is 1.66. The Morgan fingerprint density at radius 2 is 1.89 bits per heavy atom. The summed E-state index contributed by atoms with van der Waals surface area (Å²) in [5, 5.41) is 10.4. The second kappa shape index (κ2) is 5.02. The van der Waals surface area contributed by atoms with E-state index in [4.69, 9.17) is 0 Å². The molecule has 0 aliphatic rings. The van der Waals surface area contributed by atoms with Crippen LogP contribution in [-0.4, -0.2) is 17.9 Å². The Morgan fingerprint density at radius 3 is 2.33 bits per heavy atom. The predicted octanol–water partition coefficient (Wildman–Crippen LogP) is 3.09. The van der Waals surface area contributed by atoms with E-state index in [1.165, 1.54) is 0 Å². The van der Waals surface area contributed by atoms with Crippen molar-refractivity contribution in [2.24, 2.45) is 0 Å². The molecule has 1 rings (SSSR count). The maximum absolute atomic E-state index is 11.9. The van der Waals surface area contributed by atoms with Crippen molar-refractivity contribution in [2.75, 3.05) is 0 Å². The van der Waals surface area contributed by atoms with Crippen molar-refractivity contribution in [1.82, 2.24) is 0 Å². The normalized spacial score (nSPS) is 11.4. The second-order valence-corrected chi connectivity index (χ2v) is 2.81. The van der Waals surface area contributed by atoms with Crippen LogP contribution in [0, 0.1) is 10.1 Å². The summed E-state index contributed by atoms with van der Waals surface area (Å²) in [6.07, 6.45) is -5.19. The molecule has 0 aliphatic heterocycles. The number of rotatable bonds is 4. The third kappa shape index (κ3) is 4.03. The molecule has 0 saturated carbocycles. The van der Waals surface area contributed by atoms with Crippen LogP contribution in [0.3, 0.4) is 0 Å². The first-order chi connectivity index (χ1) is 8.19. The molecule has 0 radical (unpaired) electrons. The summed E-state index contributed by atoms with van der Waals surface area (Å²) in [5.74, 6) is -1.92. The zero-order valence-corrected chi connectivity index (χ0v) is 8.28. The van der Waals surface area contributed by atoms with Crippen molar-refractivity contribution in [3.05, 3.63) is 28.3 Å². The van der Waals surface area contributed by atoms with Gasteiger partial charge in [0, 0.05) is 12.1 Å². The highest BCUT2D eigenvalue weighted by Gasteiger charge is 2.34. The fourth-order valence-corrected chi connectivity index (χ4v) is 1.03. The van der Waals surface area contributed by atoms with Gasteiger partial charge >= 0.3 is 18.7 Å². The van der Waals surface area contributed by atoms with Gasteiger partial charge in [0.1, 0.15) is 5.75 Å². The Kier molecular flexibility index (Phi) is 3.89. The lowest BCUT2D eigenvalue weighted by molar-refractivity contribution is -0.388. The largest absolute Gasteiger partial charge is 0.573 e. The summed E-state index contributed by atoms with van der Waals surface area (Å²) in [6.45, 7) is -3.27. The molecule has 1 aromatic carbocycles. The fraction of sp³-hybridized carbons (Fsp3) is 0.250. The standard InChI is InChI=1S/C8H4F5NO4/c9-7(10)17-4-1-2-5(14(15)16)6(3-4)18-8(11,12)13/h1-3,7H. The van der Waals surface area contributed by atoms with Gasteiger partial charge in [-0.25, -0.2) is 0 Å². The maximum Gasteiger partial charge on any atom is 0.573 e. The SMILES string of the molecule is O=[N+]([O-])c1ccc(OC(F)F)cc1OC(F)(F)F. The third-order valence-electron chi connectivity index (χ3n) is 1.58. The lowest BCUT2D eigenvalue weighted by Crippen LogP contribution is -2.18. The Labute approximate surface area is 95.9 Å². The highest BCUT2D eigenvalue weighted by Crippen LogP contribution is 2.35. The first-order valence-corrected chi connectivity index (χ1v) is 4.18. The quantitative estimate of drug-likeness (QED) is 0.480. The average molecular weight is 273 g/mol. The van der Waals surface area contributed by atoms with Crippen LogP contribution in [-0.2, 0) is 0 Å². The Balaban J connectivity index is 3.11. The van der Waals surface area contributed by atoms with E-state index in [9.17, 15) is 32.1 Å². The van der Waals surface area contributed by atoms with Gasteiger partial charge in [0.15, 0.2) is 0 Å². The van der Waals surface area contributed by atoms with Gasteiger partial charge in [-0.05, 0) is 6.07 Å². The number of benzene rings is 1. The highest BCUT2D eigenvalue weighted by molar-refractivity contribution is 5.50. The van der Waals surface area contributed by atoms with Gasteiger partial charge in [-0.15, -0.1) is 13.2 Å². The lowest BCUT2D eigenvalue weighted by Gasteiger charge is -2.10. The average Bonchev–Trinajstić information content (AvgIpc) is 2.13. The monoisotopic (exact) mass is 273 g/mol. The fourth-order valence-electron chi connectivity index (χ4n) is 1.03. The molecule has 5 nitrogen and oxygen atoms in total. The minimum atomic E-state index is -5.19. The zero-order chi connectivity index (χ0) is 13.9. The highest BCUT2D eigenvalue weighted by atomic mass is 19.4. The minimum Gasteiger partial charge on any atom is -0.435 e. The van der Waals surface area contributed by atoms with Gasteiger partial charge < -0.3 is 9.47 Å². The number of nitro benzene ring substituents is 1. The molecular formula is C8H4F5NO4. The van der Waals surface area contributed by atoms with Crippen LogP contribution < -0.4 is 9.47 Å². The summed E-state index contributed by atoms with van der Waals surface area (Å²) >= 11 is 0. The van der Waals surface area contributed by atoms with Gasteiger partial charge in [0.25, 0.3) is 0 Å². The van der Waals surface area contributed by atoms with E-state index >= 15 is 0 Å². The number of halogens is 5. The smallest absolute Gasteiger partial charge is 0.435 e. The number of alkyl halides is 5. The van der Waals surface area contributed by atoms with Gasteiger partial charge in [0.05, 0.1) is 4.92 Å². The Hall–Kier alpha value is -2.13. The number of ether oxygens (including phenoxy) is 2. The molecule has 0 spiro atoms. The third-order valence-corrected chi connectivity index (χ3v) is 1.58. The summed E-state index contributed by atoms with van der Waals surface area (Å²) in [5.41, 5.74) is -1.02. The molecule has 0 amide bonds. The van der Waals surface area contributed by atoms with Crippen molar-refractivity contribution in [2.45, 2.75) is 13.0 Å². The van der Waals surface area contributed by atoms with E-state index in [0.717, 1.165) is 6.07 Å². The first-order valence-electron chi connectivity index (χ1n) is 4.18. The lowest BCUT2D eigenvalue weighted by atomic mass is 10.3. The van der Waals surface area contributed by atoms with Gasteiger partial charge in [-0.1, -0.05) is 0 Å². The molecule has 0 bridgehead atoms. The van der Waals surface area contributed by atoms with Crippen molar-refractivity contribution in [3.63, 3.8) is 0 Å². The molecule has 0 unspecified atom stereocenters. The van der Waals surface area contributed by atoms with Crippen LogP contribution in [0.1, 0.15) is 0 Å². The van der Waals surface area contributed by atoms with Crippen LogP contribution in [0.5, 0.6) is 11.5 Å². The van der Waals surface area contributed by atoms with Crippen LogP contribution in [0.15, 0.2) is 18.2 Å². The number of hydrogen-bond acceptors (Lipinski definition) is 4. The molecule has 0 atom stereocenters. The van der Waals surface area contributed by atoms with Gasteiger partial charge in [-0.2, -0.15) is 8.78 Å². The first kappa shape index (κ1) is 13.9. The molecule has 18 heavy (non-hydrogen) atoms. The molecular weight excluding hydrogens is 269 g/mol. The van der Waals surface area contributed by atoms with Crippen LogP contribution in [0.4, 0.5) is 27.6 Å². The number of nitro groups is 1. The van der Waals surface area contributed by atoms with Crippen molar-refractivity contribution in [1.29, 1.82) is 0 Å². The summed E-state index contributed by atoms with van der Waals surface area (Å²) in [4.78, 5) is 9.26. The van der Waals surface area contributed by atoms with Crippen molar-refractivity contribution in [3.8, 4) is 11.5 Å². The van der Waals surface area contributed by atoms with Crippen LogP contribution in [0.2, 0.25) is 0 Å². The molecule has 0 aliphatic carbocycles. The molecule has 0 N–H and O–H groups in total. The second-order valence-electron chi connectivity index (χ2n) is 2.81. The molecule has 10 heteroatoms. The minimum absolute atomic E-state index is 0.359. The molecule has 0 aromatic heterocycles. The van der Waals surface area contributed by atoms with Crippen LogP contribution in [0.25, 0.3) is 0 Å². The van der Waals surface area contributed by atoms with E-state index in [2.05, 4.69) is 9.47 Å². The van der Waals surface area contributed by atoms with Gasteiger partial charge in [-0.3, -0.25) is 10.1 Å². The molecule has 0 fully saturated rings. The molecule has 0 heterocycles. The van der Waals surface area contributed by atoms with Crippen LogP contribution >= 0.6 is 0 Å². The van der Waals surface area contributed by atoms with E-state index in [0.29, 0.717) is 12.1 Å². The maximum atomic E-state index is 11.9. The number of nitrogens with zero attached hydrogens (tertiary/aromatic N) is 1. The molecule has 100 valence electrons. The van der Waals surface area contributed by atoms with E-state index in [1.54, 1.807) is 0 Å².